The molecule has 0 N–H and O–H groups in total. The summed E-state index contributed by atoms with van der Waals surface area (Å²) in [5.74, 6) is -7.95. The van der Waals surface area contributed by atoms with E-state index in [0.29, 0.717) is 5.69 Å². The van der Waals surface area contributed by atoms with Gasteiger partial charge in [0.05, 0.1) is 25.0 Å². The standard InChI is InChI=1S/C9H10ClF4N3/c1-16-6(2-15-7(16)10)3-17-4-8(11,12)9(13,14)5-17/h2H,3-5H2,1H3. The first kappa shape index (κ1) is 12.6. The third-order valence-electron chi connectivity index (χ3n) is 2.79. The lowest BCUT2D eigenvalue weighted by Gasteiger charge is -2.15. The van der Waals surface area contributed by atoms with Crippen LogP contribution in [0.2, 0.25) is 5.28 Å². The van der Waals surface area contributed by atoms with Crippen molar-refractivity contribution < 1.29 is 17.6 Å². The molecule has 0 saturated carbocycles. The highest BCUT2D eigenvalue weighted by Crippen LogP contribution is 2.41. The molecule has 0 radical (unpaired) electrons. The number of aromatic nitrogens is 2. The maximum Gasteiger partial charge on any atom is 0.323 e. The van der Waals surface area contributed by atoms with Gasteiger partial charge in [-0.25, -0.2) is 4.98 Å². The summed E-state index contributed by atoms with van der Waals surface area (Å²) in [6.45, 7) is -1.94. The van der Waals surface area contributed by atoms with Crippen molar-refractivity contribution in [2.24, 2.45) is 7.05 Å². The topological polar surface area (TPSA) is 21.1 Å². The fourth-order valence-electron chi connectivity index (χ4n) is 1.76. The summed E-state index contributed by atoms with van der Waals surface area (Å²) in [5, 5.41) is 0.192. The lowest BCUT2D eigenvalue weighted by Crippen LogP contribution is -2.38. The van der Waals surface area contributed by atoms with Crippen LogP contribution in [0.25, 0.3) is 0 Å². The van der Waals surface area contributed by atoms with Crippen molar-refractivity contribution in [1.82, 2.24) is 14.5 Å². The lowest BCUT2D eigenvalue weighted by molar-refractivity contribution is -0.172. The zero-order chi connectivity index (χ0) is 12.8. The number of alkyl halides is 4. The van der Waals surface area contributed by atoms with Crippen molar-refractivity contribution in [3.05, 3.63) is 17.2 Å². The van der Waals surface area contributed by atoms with E-state index in [1.54, 1.807) is 7.05 Å². The number of likely N-dealkylation sites (tertiary alicyclic amines) is 1. The van der Waals surface area contributed by atoms with Gasteiger partial charge in [-0.3, -0.25) is 4.90 Å². The van der Waals surface area contributed by atoms with E-state index in [9.17, 15) is 17.6 Å². The normalized spacial score (nSPS) is 23.2. The van der Waals surface area contributed by atoms with Gasteiger partial charge < -0.3 is 4.57 Å². The maximum absolute atomic E-state index is 12.9. The summed E-state index contributed by atoms with van der Waals surface area (Å²) in [5.41, 5.74) is 0.517. The number of hydrogen-bond acceptors (Lipinski definition) is 2. The molecule has 1 saturated heterocycles. The van der Waals surface area contributed by atoms with Crippen LogP contribution >= 0.6 is 11.6 Å². The van der Waals surface area contributed by atoms with E-state index >= 15 is 0 Å². The van der Waals surface area contributed by atoms with E-state index < -0.39 is 24.9 Å². The molecule has 17 heavy (non-hydrogen) atoms. The fraction of sp³-hybridized carbons (Fsp3) is 0.667. The number of hydrogen-bond donors (Lipinski definition) is 0. The molecule has 1 aliphatic rings. The Balaban J connectivity index is 2.11. The SMILES string of the molecule is Cn1c(CN2CC(F)(F)C(F)(F)C2)cnc1Cl. The molecule has 2 rings (SSSR count). The van der Waals surface area contributed by atoms with E-state index in [-0.39, 0.29) is 11.8 Å². The first-order chi connectivity index (χ1) is 7.73. The van der Waals surface area contributed by atoms with Gasteiger partial charge >= 0.3 is 11.8 Å². The van der Waals surface area contributed by atoms with E-state index in [1.165, 1.54) is 10.8 Å². The van der Waals surface area contributed by atoms with E-state index in [1.807, 2.05) is 0 Å². The number of rotatable bonds is 2. The van der Waals surface area contributed by atoms with Crippen LogP contribution in [0.3, 0.4) is 0 Å². The smallest absolute Gasteiger partial charge is 0.321 e. The largest absolute Gasteiger partial charge is 0.323 e. The number of halogens is 5. The molecule has 2 heterocycles. The first-order valence-electron chi connectivity index (χ1n) is 4.87. The molecule has 0 spiro atoms. The zero-order valence-electron chi connectivity index (χ0n) is 8.93. The number of nitrogens with zero attached hydrogens (tertiary/aromatic N) is 3. The van der Waals surface area contributed by atoms with E-state index in [4.69, 9.17) is 11.6 Å². The van der Waals surface area contributed by atoms with Crippen molar-refractivity contribution in [2.75, 3.05) is 13.1 Å². The van der Waals surface area contributed by atoms with Gasteiger partial charge in [-0.1, -0.05) is 0 Å². The fourth-order valence-corrected chi connectivity index (χ4v) is 1.91. The van der Waals surface area contributed by atoms with Crippen molar-refractivity contribution in [3.63, 3.8) is 0 Å². The van der Waals surface area contributed by atoms with Crippen molar-refractivity contribution in [3.8, 4) is 0 Å². The number of imidazole rings is 1. The second-order valence-corrected chi connectivity index (χ2v) is 4.47. The molecule has 3 nitrogen and oxygen atoms in total. The van der Waals surface area contributed by atoms with Gasteiger partial charge in [0.2, 0.25) is 5.28 Å². The lowest BCUT2D eigenvalue weighted by atomic mass is 10.2. The van der Waals surface area contributed by atoms with Crippen LogP contribution in [-0.4, -0.2) is 39.4 Å². The second kappa shape index (κ2) is 3.84. The van der Waals surface area contributed by atoms with E-state index in [2.05, 4.69) is 4.98 Å². The van der Waals surface area contributed by atoms with Crippen LogP contribution in [0.15, 0.2) is 6.20 Å². The molecular weight excluding hydrogens is 262 g/mol. The van der Waals surface area contributed by atoms with Crippen LogP contribution in [0.1, 0.15) is 5.69 Å². The van der Waals surface area contributed by atoms with Crippen molar-refractivity contribution in [2.45, 2.75) is 18.4 Å². The summed E-state index contributed by atoms with van der Waals surface area (Å²) in [7, 11) is 1.59. The monoisotopic (exact) mass is 271 g/mol. The first-order valence-corrected chi connectivity index (χ1v) is 5.25. The van der Waals surface area contributed by atoms with Crippen LogP contribution in [0.4, 0.5) is 17.6 Å². The van der Waals surface area contributed by atoms with Gasteiger partial charge in [0.25, 0.3) is 0 Å². The molecule has 0 bridgehead atoms. The predicted octanol–water partition coefficient (Wildman–Crippen LogP) is 2.16. The summed E-state index contributed by atoms with van der Waals surface area (Å²) < 4.78 is 53.2. The quantitative estimate of drug-likeness (QED) is 0.769. The Morgan fingerprint density at radius 1 is 1.29 bits per heavy atom. The highest BCUT2D eigenvalue weighted by atomic mass is 35.5. The Labute approximate surface area is 100.0 Å². The third kappa shape index (κ3) is 2.13. The zero-order valence-corrected chi connectivity index (χ0v) is 9.69. The Morgan fingerprint density at radius 2 is 1.82 bits per heavy atom. The minimum absolute atomic E-state index is 0.0264. The highest BCUT2D eigenvalue weighted by Gasteiger charge is 2.62. The molecule has 0 aliphatic carbocycles. The van der Waals surface area contributed by atoms with Gasteiger partial charge in [-0.15, -0.1) is 0 Å². The average Bonchev–Trinajstić information content (AvgIpc) is 2.57. The highest BCUT2D eigenvalue weighted by molar-refractivity contribution is 6.28. The van der Waals surface area contributed by atoms with Crippen LogP contribution < -0.4 is 0 Å². The van der Waals surface area contributed by atoms with E-state index in [0.717, 1.165) is 4.90 Å². The average molecular weight is 272 g/mol. The summed E-state index contributed by atoms with van der Waals surface area (Å²) in [6.07, 6.45) is 1.39. The molecule has 0 amide bonds. The molecule has 0 unspecified atom stereocenters. The summed E-state index contributed by atoms with van der Waals surface area (Å²) in [4.78, 5) is 4.75. The van der Waals surface area contributed by atoms with Gasteiger partial charge in [-0.2, -0.15) is 17.6 Å². The minimum Gasteiger partial charge on any atom is -0.321 e. The molecule has 8 heteroatoms. The van der Waals surface area contributed by atoms with Gasteiger partial charge in [0.1, 0.15) is 0 Å². The maximum atomic E-state index is 12.9. The Morgan fingerprint density at radius 3 is 2.24 bits per heavy atom. The van der Waals surface area contributed by atoms with Crippen LogP contribution in [0.5, 0.6) is 0 Å². The molecule has 0 atom stereocenters. The molecule has 96 valence electrons. The summed E-state index contributed by atoms with van der Waals surface area (Å²) in [6, 6.07) is 0. The molecule has 0 aromatic carbocycles. The summed E-state index contributed by atoms with van der Waals surface area (Å²) >= 11 is 5.66. The van der Waals surface area contributed by atoms with Crippen molar-refractivity contribution >= 4 is 11.6 Å². The second-order valence-electron chi connectivity index (χ2n) is 4.13. The van der Waals surface area contributed by atoms with Crippen LogP contribution in [-0.2, 0) is 13.6 Å². The van der Waals surface area contributed by atoms with Crippen molar-refractivity contribution in [1.29, 1.82) is 0 Å². The van der Waals surface area contributed by atoms with Gasteiger partial charge in [-0.05, 0) is 11.6 Å². The predicted molar refractivity (Wildman–Crippen MR) is 53.4 cm³/mol. The molecule has 1 aromatic rings. The Kier molecular flexibility index (Phi) is 2.86. The molecule has 1 fully saturated rings. The van der Waals surface area contributed by atoms with Gasteiger partial charge in [0.15, 0.2) is 0 Å². The molecule has 1 aromatic heterocycles. The van der Waals surface area contributed by atoms with Crippen LogP contribution in [0, 0.1) is 0 Å². The molecular formula is C9H10ClF4N3. The Hall–Kier alpha value is -0.820. The third-order valence-corrected chi connectivity index (χ3v) is 3.14. The minimum atomic E-state index is -3.98. The van der Waals surface area contributed by atoms with Gasteiger partial charge in [0, 0.05) is 13.6 Å². The molecule has 1 aliphatic heterocycles. The Bertz CT molecular complexity index is 416.